The van der Waals surface area contributed by atoms with Gasteiger partial charge in [0, 0.05) is 23.3 Å². The van der Waals surface area contributed by atoms with Crippen molar-refractivity contribution in [3.05, 3.63) is 99.9 Å². The van der Waals surface area contributed by atoms with Crippen LogP contribution in [0.5, 0.6) is 5.75 Å². The summed E-state index contributed by atoms with van der Waals surface area (Å²) in [5, 5.41) is 0. The van der Waals surface area contributed by atoms with Gasteiger partial charge in [0.2, 0.25) is 0 Å². The SMILES string of the molecule is CCCCCc1ccc(C#Cc2cc(F)c(C(F)(F)Oc3cc(F)c(F)c(F)c3)c(F)c2)cc1. The summed E-state index contributed by atoms with van der Waals surface area (Å²) in [4.78, 5) is 0. The summed E-state index contributed by atoms with van der Waals surface area (Å²) in [5.74, 6) is -4.79. The van der Waals surface area contributed by atoms with Gasteiger partial charge in [0.25, 0.3) is 0 Å². The van der Waals surface area contributed by atoms with Crippen molar-refractivity contribution in [3.8, 4) is 17.6 Å². The van der Waals surface area contributed by atoms with Crippen LogP contribution in [0.4, 0.5) is 30.7 Å². The zero-order chi connectivity index (χ0) is 24.9. The maximum Gasteiger partial charge on any atom is 0.432 e. The molecule has 1 nitrogen and oxygen atoms in total. The fourth-order valence-electron chi connectivity index (χ4n) is 3.19. The second-order valence-electron chi connectivity index (χ2n) is 7.54. The summed E-state index contributed by atoms with van der Waals surface area (Å²) in [6.07, 6.45) is -0.434. The zero-order valence-electron chi connectivity index (χ0n) is 18.0. The van der Waals surface area contributed by atoms with Gasteiger partial charge in [0.05, 0.1) is 0 Å². The topological polar surface area (TPSA) is 9.23 Å². The van der Waals surface area contributed by atoms with Gasteiger partial charge < -0.3 is 4.74 Å². The number of aryl methyl sites for hydroxylation is 1. The summed E-state index contributed by atoms with van der Waals surface area (Å²) >= 11 is 0. The van der Waals surface area contributed by atoms with E-state index in [1.54, 1.807) is 12.1 Å². The minimum atomic E-state index is -4.65. The summed E-state index contributed by atoms with van der Waals surface area (Å²) in [6, 6.07) is 8.73. The van der Waals surface area contributed by atoms with Gasteiger partial charge in [-0.05, 0) is 42.7 Å². The smallest absolute Gasteiger partial charge is 0.429 e. The van der Waals surface area contributed by atoms with Gasteiger partial charge in [0.1, 0.15) is 22.9 Å². The Morgan fingerprint density at radius 2 is 1.29 bits per heavy atom. The molecular formula is C26H19F7O. The van der Waals surface area contributed by atoms with E-state index in [1.165, 1.54) is 0 Å². The highest BCUT2D eigenvalue weighted by Gasteiger charge is 2.41. The Hall–Kier alpha value is -3.47. The molecule has 0 saturated heterocycles. The molecule has 0 N–H and O–H groups in total. The molecule has 0 fully saturated rings. The van der Waals surface area contributed by atoms with Crippen LogP contribution in [0, 0.1) is 40.9 Å². The van der Waals surface area contributed by atoms with Gasteiger partial charge in [-0.25, -0.2) is 22.0 Å². The standard InChI is InChI=1S/C26H19F7O/c1-2-3-4-5-16-6-8-17(9-7-16)10-11-18-12-20(27)24(21(28)13-18)26(32,33)34-19-14-22(29)25(31)23(30)15-19/h6-9,12-15H,2-5H2,1H3. The zero-order valence-corrected chi connectivity index (χ0v) is 18.0. The van der Waals surface area contributed by atoms with Crippen LogP contribution >= 0.6 is 0 Å². The number of unbranched alkanes of at least 4 members (excludes halogenated alkanes) is 2. The monoisotopic (exact) mass is 480 g/mol. The maximum atomic E-state index is 14.4. The lowest BCUT2D eigenvalue weighted by Gasteiger charge is -2.19. The van der Waals surface area contributed by atoms with Gasteiger partial charge in [-0.1, -0.05) is 43.7 Å². The van der Waals surface area contributed by atoms with E-state index in [4.69, 9.17) is 0 Å². The lowest BCUT2D eigenvalue weighted by molar-refractivity contribution is -0.189. The van der Waals surface area contributed by atoms with E-state index < -0.39 is 46.5 Å². The molecule has 0 bridgehead atoms. The van der Waals surface area contributed by atoms with E-state index in [0.717, 1.165) is 31.2 Å². The van der Waals surface area contributed by atoms with E-state index >= 15 is 0 Å². The minimum absolute atomic E-state index is 0.136. The molecule has 8 heteroatoms. The largest absolute Gasteiger partial charge is 0.432 e. The van der Waals surface area contributed by atoms with Crippen molar-refractivity contribution in [1.82, 2.24) is 0 Å². The van der Waals surface area contributed by atoms with E-state index in [2.05, 4.69) is 23.5 Å². The first kappa shape index (κ1) is 25.2. The van der Waals surface area contributed by atoms with Crippen LogP contribution in [0.3, 0.4) is 0 Å². The molecule has 3 aromatic rings. The van der Waals surface area contributed by atoms with E-state index in [0.29, 0.717) is 17.7 Å². The molecule has 0 atom stereocenters. The predicted molar refractivity (Wildman–Crippen MR) is 113 cm³/mol. The molecule has 0 unspecified atom stereocenters. The number of alkyl halides is 2. The van der Waals surface area contributed by atoms with Gasteiger partial charge >= 0.3 is 6.11 Å². The first-order chi connectivity index (χ1) is 16.1. The Morgan fingerprint density at radius 3 is 1.85 bits per heavy atom. The molecule has 0 heterocycles. The van der Waals surface area contributed by atoms with Crippen LogP contribution in [0.1, 0.15) is 48.4 Å². The van der Waals surface area contributed by atoms with Crippen LogP contribution < -0.4 is 4.74 Å². The Balaban J connectivity index is 1.80. The summed E-state index contributed by atoms with van der Waals surface area (Å²) in [5.41, 5.74) is -0.290. The first-order valence-electron chi connectivity index (χ1n) is 10.4. The summed E-state index contributed by atoms with van der Waals surface area (Å²) < 4.78 is 101. The normalized spacial score (nSPS) is 11.2. The molecule has 0 spiro atoms. The highest BCUT2D eigenvalue weighted by Crippen LogP contribution is 2.36. The van der Waals surface area contributed by atoms with Crippen molar-refractivity contribution >= 4 is 0 Å². The number of halogens is 7. The number of benzene rings is 3. The first-order valence-corrected chi connectivity index (χ1v) is 10.4. The quantitative estimate of drug-likeness (QED) is 0.146. The molecule has 0 aliphatic heterocycles. The van der Waals surface area contributed by atoms with Gasteiger partial charge in [-0.15, -0.1) is 0 Å². The third kappa shape index (κ3) is 6.10. The molecule has 0 aromatic heterocycles. The lowest BCUT2D eigenvalue weighted by Crippen LogP contribution is -2.25. The molecule has 0 saturated carbocycles. The lowest BCUT2D eigenvalue weighted by atomic mass is 10.0. The number of hydrogen-bond acceptors (Lipinski definition) is 1. The molecule has 3 rings (SSSR count). The van der Waals surface area contributed by atoms with Crippen molar-refractivity contribution in [2.75, 3.05) is 0 Å². The molecule has 0 aliphatic rings. The molecular weight excluding hydrogens is 461 g/mol. The molecule has 178 valence electrons. The van der Waals surface area contributed by atoms with E-state index in [-0.39, 0.29) is 17.7 Å². The van der Waals surface area contributed by atoms with Crippen LogP contribution in [-0.2, 0) is 12.5 Å². The third-order valence-electron chi connectivity index (χ3n) is 4.91. The predicted octanol–water partition coefficient (Wildman–Crippen LogP) is 7.64. The number of hydrogen-bond donors (Lipinski definition) is 0. The van der Waals surface area contributed by atoms with E-state index in [9.17, 15) is 30.7 Å². The third-order valence-corrected chi connectivity index (χ3v) is 4.91. The van der Waals surface area contributed by atoms with Crippen LogP contribution in [0.25, 0.3) is 0 Å². The van der Waals surface area contributed by atoms with E-state index in [1.807, 2.05) is 12.1 Å². The Labute approximate surface area is 192 Å². The maximum absolute atomic E-state index is 14.4. The van der Waals surface area contributed by atoms with Gasteiger partial charge in [-0.3, -0.25) is 0 Å². The Bertz CT molecular complexity index is 1180. The average Bonchev–Trinajstić information content (AvgIpc) is 2.76. The van der Waals surface area contributed by atoms with Crippen LogP contribution in [-0.4, -0.2) is 0 Å². The number of ether oxygens (including phenoxy) is 1. The molecule has 34 heavy (non-hydrogen) atoms. The molecule has 3 aromatic carbocycles. The second kappa shape index (κ2) is 10.6. The molecule has 0 amide bonds. The fourth-order valence-corrected chi connectivity index (χ4v) is 3.19. The highest BCUT2D eigenvalue weighted by atomic mass is 19.3. The Morgan fingerprint density at radius 1 is 0.735 bits per heavy atom. The molecule has 0 aliphatic carbocycles. The average molecular weight is 480 g/mol. The highest BCUT2D eigenvalue weighted by molar-refractivity contribution is 5.45. The minimum Gasteiger partial charge on any atom is -0.429 e. The number of rotatable bonds is 7. The molecule has 0 radical (unpaired) electrons. The van der Waals surface area contributed by atoms with Crippen molar-refractivity contribution in [2.45, 2.75) is 38.7 Å². The van der Waals surface area contributed by atoms with Crippen molar-refractivity contribution < 1.29 is 35.5 Å². The van der Waals surface area contributed by atoms with Crippen LogP contribution in [0.2, 0.25) is 0 Å². The summed E-state index contributed by atoms with van der Waals surface area (Å²) in [7, 11) is 0. The second-order valence-corrected chi connectivity index (χ2v) is 7.54. The van der Waals surface area contributed by atoms with Crippen molar-refractivity contribution in [1.29, 1.82) is 0 Å². The van der Waals surface area contributed by atoms with Crippen LogP contribution in [0.15, 0.2) is 48.5 Å². The van der Waals surface area contributed by atoms with Crippen molar-refractivity contribution in [2.24, 2.45) is 0 Å². The fraction of sp³-hybridized carbons (Fsp3) is 0.231. The van der Waals surface area contributed by atoms with Gasteiger partial charge in [0.15, 0.2) is 17.5 Å². The summed E-state index contributed by atoms with van der Waals surface area (Å²) in [6.45, 7) is 2.11. The van der Waals surface area contributed by atoms with Crippen molar-refractivity contribution in [3.63, 3.8) is 0 Å². The Kier molecular flexibility index (Phi) is 7.87. The van der Waals surface area contributed by atoms with Gasteiger partial charge in [-0.2, -0.15) is 8.78 Å².